The Morgan fingerprint density at radius 1 is 1.12 bits per heavy atom. The summed E-state index contributed by atoms with van der Waals surface area (Å²) in [5, 5.41) is 0. The molecule has 1 atom stereocenters. The largest absolute Gasteiger partial charge is 0.459 e. The van der Waals surface area contributed by atoms with Crippen molar-refractivity contribution in [2.45, 2.75) is 52.1 Å². The number of guanidine groups is 1. The molecule has 0 heterocycles. The molecule has 0 amide bonds. The van der Waals surface area contributed by atoms with Gasteiger partial charge in [-0.15, -0.1) is 0 Å². The standard InChI is InChI=1S/C18H27N3O4/c1-3-13(2)24-17(23)14-8-10-15(11-9-14)25-16(22)7-5-4-6-12-21-18(19)20/h8-11,13H,3-7,12H2,1-2H3,(H4,19,20,21). The van der Waals surface area contributed by atoms with Crippen LogP contribution in [0.25, 0.3) is 0 Å². The van der Waals surface area contributed by atoms with Crippen molar-refractivity contribution in [3.05, 3.63) is 29.8 Å². The molecule has 1 rings (SSSR count). The van der Waals surface area contributed by atoms with Crippen LogP contribution in [-0.2, 0) is 9.53 Å². The van der Waals surface area contributed by atoms with Gasteiger partial charge in [-0.1, -0.05) is 13.3 Å². The molecule has 138 valence electrons. The molecule has 0 spiro atoms. The molecule has 7 nitrogen and oxygen atoms in total. The summed E-state index contributed by atoms with van der Waals surface area (Å²) in [5.74, 6) is -0.203. The lowest BCUT2D eigenvalue weighted by molar-refractivity contribution is -0.134. The zero-order valence-electron chi connectivity index (χ0n) is 14.9. The number of aliphatic imine (C=N–C) groups is 1. The Kier molecular flexibility index (Phi) is 9.06. The number of benzene rings is 1. The number of ether oxygens (including phenoxy) is 2. The Labute approximate surface area is 148 Å². The van der Waals surface area contributed by atoms with Crippen LogP contribution in [0.3, 0.4) is 0 Å². The Bertz CT molecular complexity index is 580. The third-order valence-corrected chi connectivity index (χ3v) is 3.54. The topological polar surface area (TPSA) is 117 Å². The van der Waals surface area contributed by atoms with Crippen molar-refractivity contribution in [1.82, 2.24) is 0 Å². The molecule has 25 heavy (non-hydrogen) atoms. The monoisotopic (exact) mass is 349 g/mol. The van der Waals surface area contributed by atoms with Crippen LogP contribution in [0.4, 0.5) is 0 Å². The van der Waals surface area contributed by atoms with Gasteiger partial charge in [-0.3, -0.25) is 9.79 Å². The maximum atomic E-state index is 11.9. The second kappa shape index (κ2) is 11.1. The van der Waals surface area contributed by atoms with E-state index in [4.69, 9.17) is 20.9 Å². The number of unbranched alkanes of at least 4 members (excludes halogenated alkanes) is 2. The van der Waals surface area contributed by atoms with Crippen molar-refractivity contribution in [3.8, 4) is 5.75 Å². The number of hydrogen-bond acceptors (Lipinski definition) is 5. The summed E-state index contributed by atoms with van der Waals surface area (Å²) in [4.78, 5) is 27.5. The van der Waals surface area contributed by atoms with Crippen LogP contribution in [0.5, 0.6) is 5.75 Å². The van der Waals surface area contributed by atoms with Gasteiger partial charge in [-0.25, -0.2) is 4.79 Å². The fourth-order valence-electron chi connectivity index (χ4n) is 1.94. The first-order chi connectivity index (χ1) is 11.9. The van der Waals surface area contributed by atoms with Crippen LogP contribution in [-0.4, -0.2) is 30.5 Å². The van der Waals surface area contributed by atoms with Gasteiger partial charge in [0.2, 0.25) is 0 Å². The van der Waals surface area contributed by atoms with Crippen molar-refractivity contribution >= 4 is 17.9 Å². The predicted molar refractivity (Wildman–Crippen MR) is 96.4 cm³/mol. The Hall–Kier alpha value is -2.57. The summed E-state index contributed by atoms with van der Waals surface area (Å²) in [5.41, 5.74) is 10.9. The molecule has 0 radical (unpaired) electrons. The molecule has 1 aromatic rings. The van der Waals surface area contributed by atoms with Crippen molar-refractivity contribution in [2.24, 2.45) is 16.5 Å². The van der Waals surface area contributed by atoms with E-state index in [1.807, 2.05) is 13.8 Å². The van der Waals surface area contributed by atoms with Gasteiger partial charge in [0.25, 0.3) is 0 Å². The highest BCUT2D eigenvalue weighted by molar-refractivity contribution is 5.89. The van der Waals surface area contributed by atoms with E-state index in [1.165, 1.54) is 0 Å². The first-order valence-corrected chi connectivity index (χ1v) is 8.49. The van der Waals surface area contributed by atoms with E-state index in [0.717, 1.165) is 19.3 Å². The minimum Gasteiger partial charge on any atom is -0.459 e. The molecule has 0 aromatic heterocycles. The lowest BCUT2D eigenvalue weighted by Crippen LogP contribution is -2.22. The number of rotatable bonds is 10. The quantitative estimate of drug-likeness (QED) is 0.220. The fourth-order valence-corrected chi connectivity index (χ4v) is 1.94. The predicted octanol–water partition coefficient (Wildman–Crippen LogP) is 2.38. The van der Waals surface area contributed by atoms with Crippen LogP contribution in [0.1, 0.15) is 56.3 Å². The number of carbonyl (C=O) groups excluding carboxylic acids is 2. The summed E-state index contributed by atoms with van der Waals surface area (Å²) < 4.78 is 10.5. The third-order valence-electron chi connectivity index (χ3n) is 3.54. The van der Waals surface area contributed by atoms with Gasteiger partial charge in [0.1, 0.15) is 5.75 Å². The van der Waals surface area contributed by atoms with Crippen LogP contribution < -0.4 is 16.2 Å². The highest BCUT2D eigenvalue weighted by Gasteiger charge is 2.11. The lowest BCUT2D eigenvalue weighted by atomic mass is 10.2. The van der Waals surface area contributed by atoms with E-state index < -0.39 is 0 Å². The Morgan fingerprint density at radius 3 is 2.40 bits per heavy atom. The Morgan fingerprint density at radius 2 is 1.80 bits per heavy atom. The van der Waals surface area contributed by atoms with Gasteiger partial charge < -0.3 is 20.9 Å². The van der Waals surface area contributed by atoms with Crippen LogP contribution in [0, 0.1) is 0 Å². The van der Waals surface area contributed by atoms with Gasteiger partial charge in [0, 0.05) is 13.0 Å². The highest BCUT2D eigenvalue weighted by Crippen LogP contribution is 2.15. The number of carbonyl (C=O) groups is 2. The molecular weight excluding hydrogens is 322 g/mol. The molecule has 0 bridgehead atoms. The second-order valence-corrected chi connectivity index (χ2v) is 5.74. The van der Waals surface area contributed by atoms with E-state index in [0.29, 0.717) is 30.7 Å². The Balaban J connectivity index is 2.33. The molecule has 1 unspecified atom stereocenters. The molecule has 0 saturated heterocycles. The molecule has 0 saturated carbocycles. The molecule has 0 aliphatic heterocycles. The number of esters is 2. The maximum Gasteiger partial charge on any atom is 0.338 e. The van der Waals surface area contributed by atoms with E-state index in [2.05, 4.69) is 4.99 Å². The van der Waals surface area contributed by atoms with E-state index in [9.17, 15) is 9.59 Å². The SMILES string of the molecule is CCC(C)OC(=O)c1ccc(OC(=O)CCCCCN=C(N)N)cc1. The van der Waals surface area contributed by atoms with Crippen LogP contribution in [0.15, 0.2) is 29.3 Å². The van der Waals surface area contributed by atoms with E-state index in [-0.39, 0.29) is 24.0 Å². The van der Waals surface area contributed by atoms with Gasteiger partial charge in [-0.05, 0) is 50.5 Å². The first-order valence-electron chi connectivity index (χ1n) is 8.49. The fraction of sp³-hybridized carbons (Fsp3) is 0.500. The molecule has 0 aliphatic rings. The number of hydrogen-bond donors (Lipinski definition) is 2. The molecule has 1 aromatic carbocycles. The summed E-state index contributed by atoms with van der Waals surface area (Å²) in [6.07, 6.45) is 3.31. The van der Waals surface area contributed by atoms with Gasteiger partial charge >= 0.3 is 11.9 Å². The molecule has 0 fully saturated rings. The lowest BCUT2D eigenvalue weighted by Gasteiger charge is -2.11. The average Bonchev–Trinajstić information content (AvgIpc) is 2.58. The minimum absolute atomic E-state index is 0.0795. The zero-order valence-corrected chi connectivity index (χ0v) is 14.9. The van der Waals surface area contributed by atoms with Gasteiger partial charge in [-0.2, -0.15) is 0 Å². The van der Waals surface area contributed by atoms with Crippen molar-refractivity contribution in [3.63, 3.8) is 0 Å². The van der Waals surface area contributed by atoms with E-state index >= 15 is 0 Å². The molecule has 7 heteroatoms. The molecule has 4 N–H and O–H groups in total. The highest BCUT2D eigenvalue weighted by atomic mass is 16.5. The van der Waals surface area contributed by atoms with Crippen LogP contribution >= 0.6 is 0 Å². The summed E-state index contributed by atoms with van der Waals surface area (Å²) in [7, 11) is 0. The molecular formula is C18H27N3O4. The maximum absolute atomic E-state index is 11.9. The minimum atomic E-state index is -0.381. The van der Waals surface area contributed by atoms with Gasteiger partial charge in [0.15, 0.2) is 5.96 Å². The van der Waals surface area contributed by atoms with Crippen LogP contribution in [0.2, 0.25) is 0 Å². The average molecular weight is 349 g/mol. The van der Waals surface area contributed by atoms with Crippen molar-refractivity contribution in [2.75, 3.05) is 6.54 Å². The smallest absolute Gasteiger partial charge is 0.338 e. The van der Waals surface area contributed by atoms with E-state index in [1.54, 1.807) is 24.3 Å². The van der Waals surface area contributed by atoms with Gasteiger partial charge in [0.05, 0.1) is 11.7 Å². The normalized spacial score (nSPS) is 11.4. The summed E-state index contributed by atoms with van der Waals surface area (Å²) in [6, 6.07) is 6.35. The zero-order chi connectivity index (χ0) is 18.7. The summed E-state index contributed by atoms with van der Waals surface area (Å²) >= 11 is 0. The first kappa shape index (κ1) is 20.5. The molecule has 0 aliphatic carbocycles. The third kappa shape index (κ3) is 8.74. The number of nitrogens with two attached hydrogens (primary N) is 2. The van der Waals surface area contributed by atoms with Crippen molar-refractivity contribution in [1.29, 1.82) is 0 Å². The number of nitrogens with zero attached hydrogens (tertiary/aromatic N) is 1. The second-order valence-electron chi connectivity index (χ2n) is 5.74. The summed E-state index contributed by atoms with van der Waals surface area (Å²) in [6.45, 7) is 4.35. The van der Waals surface area contributed by atoms with Crippen molar-refractivity contribution < 1.29 is 19.1 Å².